The molecule has 0 aliphatic carbocycles. The van der Waals surface area contributed by atoms with E-state index in [1.165, 1.54) is 0 Å². The predicted octanol–water partition coefficient (Wildman–Crippen LogP) is 6.42. The number of benzene rings is 6. The maximum Gasteiger partial charge on any atom is 2.00 e. The Bertz CT molecular complexity index is 2210. The number of carboxylic acids is 2. The maximum absolute atomic E-state index is 8.89. The van der Waals surface area contributed by atoms with Gasteiger partial charge in [-0.25, -0.2) is 0 Å². The van der Waals surface area contributed by atoms with Crippen LogP contribution in [0.1, 0.15) is 13.8 Å². The molecule has 8 aromatic rings. The Labute approximate surface area is 326 Å². The summed E-state index contributed by atoms with van der Waals surface area (Å²) in [6, 6.07) is 41.7. The standard InChI is InChI=1S/2C18H12NO2.2C2H4O2.2Pd/c2*1-20-14-9-6-13(7-10-14)18-19-17-15-5-3-2-4-12(15)8-11-16(17)21-18;2*1-2(3)4;;/h2*2-6,8-11H,1H3;2*1H3,(H,3,4);;/q2*-1;;;2*+2/p-2. The molecule has 0 saturated carbocycles. The van der Waals surface area contributed by atoms with Gasteiger partial charge in [0.2, 0.25) is 0 Å². The first-order valence-corrected chi connectivity index (χ1v) is 15.2. The van der Waals surface area contributed by atoms with Crippen LogP contribution in [0.4, 0.5) is 0 Å². The molecule has 12 heteroatoms. The predicted molar refractivity (Wildman–Crippen MR) is 186 cm³/mol. The van der Waals surface area contributed by atoms with Crippen molar-refractivity contribution < 1.29 is 79.0 Å². The molecule has 6 aromatic carbocycles. The van der Waals surface area contributed by atoms with Crippen LogP contribution in [0.3, 0.4) is 0 Å². The van der Waals surface area contributed by atoms with E-state index in [0.29, 0.717) is 11.8 Å². The summed E-state index contributed by atoms with van der Waals surface area (Å²) in [6.07, 6.45) is 0. The van der Waals surface area contributed by atoms with Gasteiger partial charge in [-0.2, -0.15) is 0 Å². The second-order valence-corrected chi connectivity index (χ2v) is 10.6. The van der Waals surface area contributed by atoms with E-state index in [1.807, 2.05) is 72.8 Å². The third-order valence-corrected chi connectivity index (χ3v) is 7.07. The van der Waals surface area contributed by atoms with Gasteiger partial charge in [0.25, 0.3) is 0 Å². The van der Waals surface area contributed by atoms with Crippen LogP contribution in [0.2, 0.25) is 0 Å². The van der Waals surface area contributed by atoms with Crippen molar-refractivity contribution in [2.45, 2.75) is 13.8 Å². The molecule has 0 amide bonds. The molecule has 268 valence electrons. The molecule has 0 aliphatic heterocycles. The van der Waals surface area contributed by atoms with Crippen LogP contribution in [-0.2, 0) is 50.4 Å². The van der Waals surface area contributed by atoms with Crippen molar-refractivity contribution in [1.82, 2.24) is 9.97 Å². The number of aromatic nitrogens is 2. The number of carboxylic acid groups (broad SMARTS) is 2. The second kappa shape index (κ2) is 19.3. The van der Waals surface area contributed by atoms with Crippen LogP contribution in [0.15, 0.2) is 118 Å². The summed E-state index contributed by atoms with van der Waals surface area (Å²) in [4.78, 5) is 27.0. The zero-order valence-electron chi connectivity index (χ0n) is 28.2. The number of methoxy groups -OCH3 is 2. The van der Waals surface area contributed by atoms with Crippen molar-refractivity contribution in [3.8, 4) is 34.4 Å². The number of oxazole rings is 2. The monoisotopic (exact) mass is 878 g/mol. The van der Waals surface area contributed by atoms with Gasteiger partial charge in [0.1, 0.15) is 34.0 Å². The molecule has 10 nitrogen and oxygen atoms in total. The number of ether oxygens (including phenoxy) is 2. The summed E-state index contributed by atoms with van der Waals surface area (Å²) in [7, 11) is 3.27. The van der Waals surface area contributed by atoms with Gasteiger partial charge < -0.3 is 38.1 Å². The molecule has 0 unspecified atom stereocenters. The van der Waals surface area contributed by atoms with Crippen molar-refractivity contribution >= 4 is 55.7 Å². The van der Waals surface area contributed by atoms with Crippen molar-refractivity contribution in [2.75, 3.05) is 14.2 Å². The topological polar surface area (TPSA) is 151 Å². The molecule has 0 atom stereocenters. The van der Waals surface area contributed by atoms with Crippen LogP contribution >= 0.6 is 0 Å². The van der Waals surface area contributed by atoms with Gasteiger partial charge in [0, 0.05) is 34.2 Å². The van der Waals surface area contributed by atoms with Gasteiger partial charge in [0.15, 0.2) is 0 Å². The fraction of sp³-hybridized carbons (Fsp3) is 0.100. The third-order valence-electron chi connectivity index (χ3n) is 7.07. The molecule has 0 saturated heterocycles. The quantitative estimate of drug-likeness (QED) is 0.143. The maximum atomic E-state index is 8.89. The first kappa shape index (κ1) is 41.1. The zero-order valence-corrected chi connectivity index (χ0v) is 31.3. The first-order chi connectivity index (χ1) is 24.2. The largest absolute Gasteiger partial charge is 2.00 e. The van der Waals surface area contributed by atoms with Gasteiger partial charge in [-0.3, -0.25) is 9.97 Å². The zero-order chi connectivity index (χ0) is 35.6. The van der Waals surface area contributed by atoms with E-state index >= 15 is 0 Å². The van der Waals surface area contributed by atoms with Gasteiger partial charge in [-0.1, -0.05) is 71.8 Å². The van der Waals surface area contributed by atoms with Gasteiger partial charge in [-0.15, -0.1) is 48.5 Å². The normalized spacial score (nSPS) is 9.92. The second-order valence-electron chi connectivity index (χ2n) is 10.6. The smallest absolute Gasteiger partial charge is 0.550 e. The summed E-state index contributed by atoms with van der Waals surface area (Å²) in [5, 5.41) is 22.3. The molecule has 2 aromatic heterocycles. The Balaban J connectivity index is 0.000000226. The van der Waals surface area contributed by atoms with E-state index < -0.39 is 11.9 Å². The van der Waals surface area contributed by atoms with Crippen LogP contribution in [-0.4, -0.2) is 36.1 Å². The molecule has 0 aliphatic rings. The number of carbonyl (C=O) groups excluding carboxylic acids is 2. The average Bonchev–Trinajstić information content (AvgIpc) is 3.77. The Morgan fingerprint density at radius 3 is 1.27 bits per heavy atom. The van der Waals surface area contributed by atoms with E-state index in [1.54, 1.807) is 26.4 Å². The Morgan fingerprint density at radius 2 is 0.942 bits per heavy atom. The van der Waals surface area contributed by atoms with E-state index in [0.717, 1.165) is 80.2 Å². The first-order valence-electron chi connectivity index (χ1n) is 15.2. The summed E-state index contributed by atoms with van der Waals surface area (Å²) < 4.78 is 22.0. The van der Waals surface area contributed by atoms with Gasteiger partial charge >= 0.3 is 40.8 Å². The molecule has 0 fully saturated rings. The number of hydrogen-bond donors (Lipinski definition) is 0. The summed E-state index contributed by atoms with van der Waals surface area (Å²) in [5.74, 6) is 0.508. The van der Waals surface area contributed by atoms with E-state index in [-0.39, 0.29) is 40.8 Å². The van der Waals surface area contributed by atoms with E-state index in [4.69, 9.17) is 38.1 Å². The Morgan fingerprint density at radius 1 is 0.577 bits per heavy atom. The number of hydrogen-bond acceptors (Lipinski definition) is 10. The summed E-state index contributed by atoms with van der Waals surface area (Å²) >= 11 is 0. The van der Waals surface area contributed by atoms with Crippen molar-refractivity contribution in [1.29, 1.82) is 0 Å². The summed E-state index contributed by atoms with van der Waals surface area (Å²) in [6.45, 7) is 1.94. The van der Waals surface area contributed by atoms with E-state index in [2.05, 4.69) is 46.4 Å². The molecular formula is C40H30N2O8Pd2. The average molecular weight is 880 g/mol. The molecule has 0 spiro atoms. The molecular weight excluding hydrogens is 849 g/mol. The van der Waals surface area contributed by atoms with Crippen LogP contribution < -0.4 is 19.7 Å². The van der Waals surface area contributed by atoms with Crippen LogP contribution in [0, 0.1) is 12.1 Å². The van der Waals surface area contributed by atoms with E-state index in [9.17, 15) is 0 Å². The Hall–Kier alpha value is -5.36. The SMILES string of the molecule is CC(=O)[O-].CC(=O)[O-].COc1c[c-]c(-c2nc3c(ccc4ccccc43)o2)cc1.COc1c[c-]c(-c2nc3c(ccc4ccccc43)o2)cc1.[Pd+2].[Pd+2]. The minimum Gasteiger partial charge on any atom is -0.550 e. The third kappa shape index (κ3) is 10.4. The van der Waals surface area contributed by atoms with Crippen molar-refractivity contribution in [3.05, 3.63) is 121 Å². The molecule has 0 N–H and O–H groups in total. The number of rotatable bonds is 4. The van der Waals surface area contributed by atoms with Crippen LogP contribution in [0.5, 0.6) is 11.5 Å². The van der Waals surface area contributed by atoms with Crippen molar-refractivity contribution in [2.24, 2.45) is 0 Å². The minimum absolute atomic E-state index is 0. The number of nitrogens with zero attached hydrogens (tertiary/aromatic N) is 2. The fourth-order valence-corrected chi connectivity index (χ4v) is 4.89. The molecule has 2 heterocycles. The molecule has 0 radical (unpaired) electrons. The summed E-state index contributed by atoms with van der Waals surface area (Å²) in [5.41, 5.74) is 4.97. The number of aliphatic carboxylic acids is 2. The Kier molecular flexibility index (Phi) is 15.2. The minimum atomic E-state index is -1.08. The van der Waals surface area contributed by atoms with Gasteiger partial charge in [0.05, 0.1) is 14.2 Å². The fourth-order valence-electron chi connectivity index (χ4n) is 4.89. The number of fused-ring (bicyclic) bond motifs is 6. The van der Waals surface area contributed by atoms with Crippen LogP contribution in [0.25, 0.3) is 66.7 Å². The molecule has 8 rings (SSSR count). The van der Waals surface area contributed by atoms with Crippen molar-refractivity contribution in [3.63, 3.8) is 0 Å². The molecule has 0 bridgehead atoms. The molecule has 52 heavy (non-hydrogen) atoms. The van der Waals surface area contributed by atoms with Gasteiger partial charge in [-0.05, 0) is 36.8 Å². The number of carbonyl (C=O) groups is 2.